The number of ether oxygens (including phenoxy) is 1. The number of aliphatic imine (C=N–C) groups is 1. The first-order valence-corrected chi connectivity index (χ1v) is 15.1. The summed E-state index contributed by atoms with van der Waals surface area (Å²) in [6.45, 7) is 4.19. The number of hydrogen-bond acceptors (Lipinski definition) is 10. The molecule has 13 heteroatoms. The van der Waals surface area contributed by atoms with Crippen molar-refractivity contribution in [1.82, 2.24) is 20.2 Å². The molecule has 0 bridgehead atoms. The van der Waals surface area contributed by atoms with Gasteiger partial charge in [-0.1, -0.05) is 18.2 Å². The van der Waals surface area contributed by atoms with Gasteiger partial charge < -0.3 is 37.5 Å². The van der Waals surface area contributed by atoms with Gasteiger partial charge in [0.15, 0.2) is 5.82 Å². The summed E-state index contributed by atoms with van der Waals surface area (Å²) in [5.74, 6) is 0.399. The predicted octanol–water partition coefficient (Wildman–Crippen LogP) is 2.61. The number of unbranched alkanes of at least 4 members (excludes halogenated alkanes) is 1. The first-order chi connectivity index (χ1) is 21.1. The molecule has 1 aliphatic heterocycles. The van der Waals surface area contributed by atoms with E-state index >= 15 is 0 Å². The van der Waals surface area contributed by atoms with E-state index in [9.17, 15) is 9.59 Å². The fourth-order valence-electron chi connectivity index (χ4n) is 4.74. The lowest BCUT2D eigenvalue weighted by molar-refractivity contribution is 0.0957. The number of nitrogens with zero attached hydrogens (tertiary/aromatic N) is 4. The smallest absolute Gasteiger partial charge is 0.298 e. The SMILES string of the molecule is CN.NC=NCCCCNCCCNC(=O)c1cc2c(nc(N)c(=O)n2-c2ccc3c(c2)N(c2ccccc2)CCO3)s1. The minimum atomic E-state index is -0.439. The van der Waals surface area contributed by atoms with Crippen LogP contribution in [0.3, 0.4) is 0 Å². The van der Waals surface area contributed by atoms with Crippen LogP contribution in [-0.2, 0) is 0 Å². The van der Waals surface area contributed by atoms with E-state index in [0.29, 0.717) is 40.6 Å². The highest BCUT2D eigenvalue weighted by atomic mass is 32.1. The van der Waals surface area contributed by atoms with E-state index in [0.717, 1.165) is 56.0 Å². The molecule has 0 fully saturated rings. The van der Waals surface area contributed by atoms with E-state index in [-0.39, 0.29) is 11.7 Å². The number of anilines is 3. The maximum Gasteiger partial charge on any atom is 0.298 e. The number of nitrogen functional groups attached to an aromatic ring is 1. The van der Waals surface area contributed by atoms with Crippen molar-refractivity contribution in [3.05, 3.63) is 69.8 Å². The van der Waals surface area contributed by atoms with Gasteiger partial charge in [-0.15, -0.1) is 11.3 Å². The number of para-hydroxylation sites is 1. The van der Waals surface area contributed by atoms with Crippen molar-refractivity contribution in [2.24, 2.45) is 16.5 Å². The molecule has 228 valence electrons. The summed E-state index contributed by atoms with van der Waals surface area (Å²) in [4.78, 5) is 37.6. The molecule has 0 spiro atoms. The quantitative estimate of drug-likeness (QED) is 0.0922. The molecular formula is C30H39N9O3S. The van der Waals surface area contributed by atoms with Gasteiger partial charge in [-0.25, -0.2) is 4.98 Å². The van der Waals surface area contributed by atoms with Gasteiger partial charge in [0.1, 0.15) is 17.2 Å². The highest BCUT2D eigenvalue weighted by Gasteiger charge is 2.22. The normalized spacial score (nSPS) is 12.5. The van der Waals surface area contributed by atoms with Gasteiger partial charge in [-0.2, -0.15) is 0 Å². The molecule has 2 aromatic carbocycles. The van der Waals surface area contributed by atoms with E-state index in [1.807, 2.05) is 48.5 Å². The first-order valence-electron chi connectivity index (χ1n) is 14.3. The van der Waals surface area contributed by atoms with Crippen molar-refractivity contribution in [1.29, 1.82) is 0 Å². The lowest BCUT2D eigenvalue weighted by atomic mass is 10.1. The highest BCUT2D eigenvalue weighted by Crippen LogP contribution is 2.38. The van der Waals surface area contributed by atoms with Gasteiger partial charge in [0.25, 0.3) is 11.5 Å². The van der Waals surface area contributed by atoms with Crippen LogP contribution >= 0.6 is 11.3 Å². The lowest BCUT2D eigenvalue weighted by Gasteiger charge is -2.31. The van der Waals surface area contributed by atoms with Crippen LogP contribution in [0.15, 0.2) is 64.4 Å². The Morgan fingerprint density at radius 1 is 1.07 bits per heavy atom. The van der Waals surface area contributed by atoms with Gasteiger partial charge in [0, 0.05) is 18.8 Å². The zero-order chi connectivity index (χ0) is 30.6. The van der Waals surface area contributed by atoms with Crippen molar-refractivity contribution >= 4 is 51.1 Å². The molecule has 0 unspecified atom stereocenters. The molecule has 0 saturated heterocycles. The number of rotatable bonds is 12. The third kappa shape index (κ3) is 7.69. The Morgan fingerprint density at radius 2 is 1.86 bits per heavy atom. The van der Waals surface area contributed by atoms with Crippen molar-refractivity contribution in [3.8, 4) is 11.4 Å². The summed E-state index contributed by atoms with van der Waals surface area (Å²) in [5.41, 5.74) is 18.4. The molecule has 12 nitrogen and oxygen atoms in total. The molecule has 0 radical (unpaired) electrons. The van der Waals surface area contributed by atoms with E-state index in [1.54, 1.807) is 6.07 Å². The number of nitrogens with one attached hydrogen (secondary N) is 2. The van der Waals surface area contributed by atoms with E-state index in [1.165, 1.54) is 29.3 Å². The van der Waals surface area contributed by atoms with Gasteiger partial charge in [-0.3, -0.25) is 19.1 Å². The summed E-state index contributed by atoms with van der Waals surface area (Å²) in [7, 11) is 1.50. The number of amides is 1. The van der Waals surface area contributed by atoms with Crippen LogP contribution in [-0.4, -0.2) is 68.2 Å². The number of carbonyl (C=O) groups is 1. The fourth-order valence-corrected chi connectivity index (χ4v) is 5.68. The Morgan fingerprint density at radius 3 is 2.65 bits per heavy atom. The third-order valence-electron chi connectivity index (χ3n) is 6.75. The van der Waals surface area contributed by atoms with E-state index in [4.69, 9.17) is 16.2 Å². The standard InChI is InChI=1S/C29H34N8O3S.CH5N/c30-19-33-12-5-4-11-32-13-6-14-34-27(38)25-18-23-28(41-25)35-26(31)29(39)37(23)21-9-10-24-22(17-21)36(15-16-40-24)20-7-2-1-3-8-20;1-2/h1-3,7-10,17-19,32H,4-6,11-16H2,(H2,30,33)(H2,31,35)(H,34,38);2H2,1H3. The number of hydrogen-bond donors (Lipinski definition) is 5. The van der Waals surface area contributed by atoms with Crippen LogP contribution in [0.4, 0.5) is 17.2 Å². The Bertz CT molecular complexity index is 1590. The molecule has 0 saturated carbocycles. The Labute approximate surface area is 254 Å². The van der Waals surface area contributed by atoms with Crippen molar-refractivity contribution in [3.63, 3.8) is 0 Å². The predicted molar refractivity (Wildman–Crippen MR) is 175 cm³/mol. The minimum absolute atomic E-state index is 0.124. The molecule has 1 amide bonds. The highest BCUT2D eigenvalue weighted by molar-refractivity contribution is 7.20. The molecular weight excluding hydrogens is 566 g/mol. The summed E-state index contributed by atoms with van der Waals surface area (Å²) < 4.78 is 7.42. The molecule has 0 aliphatic carbocycles. The van der Waals surface area contributed by atoms with Crippen LogP contribution in [0.25, 0.3) is 16.0 Å². The average molecular weight is 606 g/mol. The van der Waals surface area contributed by atoms with E-state index in [2.05, 4.69) is 31.2 Å². The molecule has 5 rings (SSSR count). The Kier molecular flexibility index (Phi) is 11.5. The Balaban J connectivity index is 0.00000207. The summed E-state index contributed by atoms with van der Waals surface area (Å²) in [5, 5.41) is 6.33. The molecule has 43 heavy (non-hydrogen) atoms. The first kappa shape index (κ1) is 31.5. The second-order valence-corrected chi connectivity index (χ2v) is 10.6. The molecule has 8 N–H and O–H groups in total. The number of benzene rings is 2. The minimum Gasteiger partial charge on any atom is -0.490 e. The number of aromatic nitrogens is 2. The maximum atomic E-state index is 13.3. The van der Waals surface area contributed by atoms with Crippen LogP contribution in [0.2, 0.25) is 0 Å². The summed E-state index contributed by atoms with van der Waals surface area (Å²) in [6.07, 6.45) is 4.13. The lowest BCUT2D eigenvalue weighted by Crippen LogP contribution is -2.29. The summed E-state index contributed by atoms with van der Waals surface area (Å²) >= 11 is 1.21. The van der Waals surface area contributed by atoms with Crippen molar-refractivity contribution in [2.75, 3.05) is 57.0 Å². The van der Waals surface area contributed by atoms with Crippen molar-refractivity contribution < 1.29 is 9.53 Å². The number of fused-ring (bicyclic) bond motifs is 2. The number of nitrogens with two attached hydrogens (primary N) is 3. The largest absolute Gasteiger partial charge is 0.490 e. The maximum absolute atomic E-state index is 13.3. The van der Waals surface area contributed by atoms with Gasteiger partial charge in [-0.05, 0) is 75.8 Å². The van der Waals surface area contributed by atoms with Crippen molar-refractivity contribution in [2.45, 2.75) is 19.3 Å². The van der Waals surface area contributed by atoms with Crippen LogP contribution in [0, 0.1) is 0 Å². The average Bonchev–Trinajstić information content (AvgIpc) is 3.46. The van der Waals surface area contributed by atoms with E-state index < -0.39 is 5.56 Å². The van der Waals surface area contributed by atoms with Gasteiger partial charge in [0.2, 0.25) is 0 Å². The zero-order valence-electron chi connectivity index (χ0n) is 24.3. The molecule has 4 aromatic rings. The van der Waals surface area contributed by atoms with Crippen LogP contribution in [0.5, 0.6) is 5.75 Å². The second kappa shape index (κ2) is 15.7. The second-order valence-electron chi connectivity index (χ2n) is 9.55. The van der Waals surface area contributed by atoms with Gasteiger partial charge in [0.05, 0.1) is 34.7 Å². The monoisotopic (exact) mass is 605 g/mol. The molecule has 1 aliphatic rings. The zero-order valence-corrected chi connectivity index (χ0v) is 25.1. The molecule has 2 aromatic heterocycles. The van der Waals surface area contributed by atoms with Gasteiger partial charge >= 0.3 is 0 Å². The van der Waals surface area contributed by atoms with Crippen LogP contribution < -0.4 is 43.0 Å². The number of thiophene rings is 1. The Hall–Kier alpha value is -4.46. The third-order valence-corrected chi connectivity index (χ3v) is 7.76. The molecule has 3 heterocycles. The summed E-state index contributed by atoms with van der Waals surface area (Å²) in [6, 6.07) is 17.3. The molecule has 0 atom stereocenters. The fraction of sp³-hybridized carbons (Fsp3) is 0.333. The number of carbonyl (C=O) groups excluding carboxylic acids is 1. The topological polar surface area (TPSA) is 179 Å². The van der Waals surface area contributed by atoms with Crippen LogP contribution in [0.1, 0.15) is 28.9 Å².